The lowest BCUT2D eigenvalue weighted by Gasteiger charge is -2.10. The average Bonchev–Trinajstić information content (AvgIpc) is 2.38. The quantitative estimate of drug-likeness (QED) is 0.771. The molecule has 2 aromatic carbocycles. The maximum absolute atomic E-state index is 12.2. The molecule has 1 unspecified atom stereocenters. The summed E-state index contributed by atoms with van der Waals surface area (Å²) in [4.78, 5) is 0.167. The summed E-state index contributed by atoms with van der Waals surface area (Å²) in [5.74, 6) is 0. The third-order valence-corrected chi connectivity index (χ3v) is 4.82. The molecule has 106 valence electrons. The summed E-state index contributed by atoms with van der Waals surface area (Å²) in [6, 6.07) is 13.3. The van der Waals surface area contributed by atoms with Crippen LogP contribution in [0.1, 0.15) is 18.6 Å². The van der Waals surface area contributed by atoms with Crippen molar-refractivity contribution in [2.75, 3.05) is 4.72 Å². The van der Waals surface area contributed by atoms with Gasteiger partial charge in [-0.15, -0.1) is 0 Å². The second kappa shape index (κ2) is 6.11. The monoisotopic (exact) mass is 403 g/mol. The minimum atomic E-state index is -3.61. The number of aliphatic hydroxyl groups is 1. The van der Waals surface area contributed by atoms with Crippen molar-refractivity contribution >= 4 is 38.3 Å². The molecular formula is C14H14INO3S. The van der Waals surface area contributed by atoms with Gasteiger partial charge >= 0.3 is 0 Å². The maximum Gasteiger partial charge on any atom is 0.261 e. The van der Waals surface area contributed by atoms with E-state index < -0.39 is 16.1 Å². The molecule has 0 fully saturated rings. The van der Waals surface area contributed by atoms with Crippen LogP contribution in [0.15, 0.2) is 53.4 Å². The minimum Gasteiger partial charge on any atom is -0.389 e. The molecule has 1 atom stereocenters. The van der Waals surface area contributed by atoms with E-state index in [9.17, 15) is 13.5 Å². The van der Waals surface area contributed by atoms with E-state index >= 15 is 0 Å². The Morgan fingerprint density at radius 2 is 1.80 bits per heavy atom. The van der Waals surface area contributed by atoms with Crippen molar-refractivity contribution in [3.05, 3.63) is 57.7 Å². The zero-order valence-corrected chi connectivity index (χ0v) is 13.7. The number of rotatable bonds is 4. The minimum absolute atomic E-state index is 0.167. The molecule has 0 spiro atoms. The predicted octanol–water partition coefficient (Wildman–Crippen LogP) is 3.15. The van der Waals surface area contributed by atoms with Crippen molar-refractivity contribution < 1.29 is 13.5 Å². The van der Waals surface area contributed by atoms with Crippen molar-refractivity contribution in [3.8, 4) is 0 Å². The smallest absolute Gasteiger partial charge is 0.261 e. The molecule has 2 N–H and O–H groups in total. The Morgan fingerprint density at radius 3 is 2.35 bits per heavy atom. The van der Waals surface area contributed by atoms with Crippen LogP contribution in [0.5, 0.6) is 0 Å². The Labute approximate surface area is 132 Å². The molecule has 2 rings (SSSR count). The van der Waals surface area contributed by atoms with Crippen molar-refractivity contribution in [3.63, 3.8) is 0 Å². The molecule has 20 heavy (non-hydrogen) atoms. The molecule has 0 bridgehead atoms. The topological polar surface area (TPSA) is 66.4 Å². The first-order valence-corrected chi connectivity index (χ1v) is 8.51. The van der Waals surface area contributed by atoms with E-state index in [1.807, 2.05) is 6.07 Å². The van der Waals surface area contributed by atoms with Crippen LogP contribution in [0.3, 0.4) is 0 Å². The maximum atomic E-state index is 12.2. The van der Waals surface area contributed by atoms with E-state index in [4.69, 9.17) is 0 Å². The van der Waals surface area contributed by atoms with E-state index in [-0.39, 0.29) is 4.90 Å². The summed E-state index contributed by atoms with van der Waals surface area (Å²) in [7, 11) is -3.61. The van der Waals surface area contributed by atoms with Gasteiger partial charge in [0.15, 0.2) is 0 Å². The summed E-state index contributed by atoms with van der Waals surface area (Å²) in [6.45, 7) is 1.63. The zero-order valence-electron chi connectivity index (χ0n) is 10.7. The van der Waals surface area contributed by atoms with Gasteiger partial charge in [0.25, 0.3) is 10.0 Å². The van der Waals surface area contributed by atoms with Gasteiger partial charge in [-0.3, -0.25) is 4.72 Å². The highest BCUT2D eigenvalue weighted by molar-refractivity contribution is 14.1. The Kier molecular flexibility index (Phi) is 4.66. The number of aliphatic hydroxyl groups excluding tert-OH is 1. The van der Waals surface area contributed by atoms with Crippen LogP contribution in [-0.4, -0.2) is 13.5 Å². The number of anilines is 1. The van der Waals surface area contributed by atoms with Gasteiger partial charge in [0.1, 0.15) is 0 Å². The van der Waals surface area contributed by atoms with Crippen LogP contribution < -0.4 is 4.72 Å². The molecule has 4 nitrogen and oxygen atoms in total. The molecule has 0 amide bonds. The van der Waals surface area contributed by atoms with Crippen LogP contribution in [0.2, 0.25) is 0 Å². The lowest BCUT2D eigenvalue weighted by atomic mass is 10.1. The van der Waals surface area contributed by atoms with Gasteiger partial charge < -0.3 is 5.11 Å². The third kappa shape index (κ3) is 3.71. The van der Waals surface area contributed by atoms with Crippen LogP contribution in [0, 0.1) is 3.57 Å². The molecule has 2 aromatic rings. The summed E-state index contributed by atoms with van der Waals surface area (Å²) in [6.07, 6.45) is -0.615. The molecule has 0 radical (unpaired) electrons. The molecule has 0 aliphatic rings. The van der Waals surface area contributed by atoms with Crippen molar-refractivity contribution in [2.45, 2.75) is 17.9 Å². The number of benzene rings is 2. The van der Waals surface area contributed by atoms with Crippen LogP contribution in [0.4, 0.5) is 5.69 Å². The number of sulfonamides is 1. The van der Waals surface area contributed by atoms with E-state index in [1.54, 1.807) is 37.3 Å². The highest BCUT2D eigenvalue weighted by Gasteiger charge is 2.14. The largest absolute Gasteiger partial charge is 0.389 e. The second-order valence-corrected chi connectivity index (χ2v) is 7.29. The van der Waals surface area contributed by atoms with Crippen LogP contribution in [-0.2, 0) is 10.0 Å². The zero-order chi connectivity index (χ0) is 14.8. The lowest BCUT2D eigenvalue weighted by Crippen LogP contribution is -2.13. The Bertz CT molecular complexity index is 697. The molecule has 0 aliphatic heterocycles. The lowest BCUT2D eigenvalue weighted by molar-refractivity contribution is 0.199. The number of nitrogens with one attached hydrogen (secondary N) is 1. The molecule has 0 heterocycles. The Hall–Kier alpha value is -1.12. The Balaban J connectivity index is 2.26. The fourth-order valence-electron chi connectivity index (χ4n) is 1.69. The van der Waals surface area contributed by atoms with E-state index in [0.717, 1.165) is 3.57 Å². The highest BCUT2D eigenvalue weighted by atomic mass is 127. The molecular weight excluding hydrogens is 389 g/mol. The van der Waals surface area contributed by atoms with Gasteiger partial charge in [-0.1, -0.05) is 18.2 Å². The van der Waals surface area contributed by atoms with Crippen LogP contribution >= 0.6 is 22.6 Å². The molecule has 0 aromatic heterocycles. The average molecular weight is 403 g/mol. The SMILES string of the molecule is CC(O)c1ccc(S(=O)(=O)Nc2cccc(I)c2)cc1. The summed E-state index contributed by atoms with van der Waals surface area (Å²) in [5, 5.41) is 9.42. The van der Waals surface area contributed by atoms with Crippen molar-refractivity contribution in [2.24, 2.45) is 0 Å². The standard InChI is InChI=1S/C14H14INO3S/c1-10(17)11-5-7-14(8-6-11)20(18,19)16-13-4-2-3-12(15)9-13/h2-10,16-17H,1H3. The first-order chi connectivity index (χ1) is 9.38. The highest BCUT2D eigenvalue weighted by Crippen LogP contribution is 2.20. The van der Waals surface area contributed by atoms with E-state index in [1.165, 1.54) is 12.1 Å². The van der Waals surface area contributed by atoms with Gasteiger partial charge in [0.05, 0.1) is 11.0 Å². The van der Waals surface area contributed by atoms with Gasteiger partial charge in [-0.05, 0) is 65.4 Å². The summed E-state index contributed by atoms with van der Waals surface area (Å²) < 4.78 is 27.9. The normalized spacial score (nSPS) is 12.9. The molecule has 0 saturated heterocycles. The second-order valence-electron chi connectivity index (χ2n) is 4.36. The fraction of sp³-hybridized carbons (Fsp3) is 0.143. The molecule has 0 saturated carbocycles. The van der Waals surface area contributed by atoms with E-state index in [0.29, 0.717) is 11.3 Å². The van der Waals surface area contributed by atoms with Crippen molar-refractivity contribution in [1.82, 2.24) is 0 Å². The van der Waals surface area contributed by atoms with Gasteiger partial charge in [-0.2, -0.15) is 0 Å². The number of halogens is 1. The molecule has 0 aliphatic carbocycles. The number of hydrogen-bond acceptors (Lipinski definition) is 3. The first-order valence-electron chi connectivity index (χ1n) is 5.95. The van der Waals surface area contributed by atoms with E-state index in [2.05, 4.69) is 27.3 Å². The van der Waals surface area contributed by atoms with Gasteiger partial charge in [0, 0.05) is 9.26 Å². The summed E-state index contributed by atoms with van der Waals surface area (Å²) in [5.41, 5.74) is 1.20. The first kappa shape index (κ1) is 15.3. The number of hydrogen-bond donors (Lipinski definition) is 2. The third-order valence-electron chi connectivity index (χ3n) is 2.75. The van der Waals surface area contributed by atoms with Gasteiger partial charge in [0.2, 0.25) is 0 Å². The Morgan fingerprint density at radius 1 is 1.15 bits per heavy atom. The molecule has 6 heteroatoms. The van der Waals surface area contributed by atoms with Crippen LogP contribution in [0.25, 0.3) is 0 Å². The van der Waals surface area contributed by atoms with Crippen molar-refractivity contribution in [1.29, 1.82) is 0 Å². The predicted molar refractivity (Wildman–Crippen MR) is 87.0 cm³/mol. The fourth-order valence-corrected chi connectivity index (χ4v) is 3.28. The van der Waals surface area contributed by atoms with Gasteiger partial charge in [-0.25, -0.2) is 8.42 Å². The summed E-state index contributed by atoms with van der Waals surface area (Å²) >= 11 is 2.12.